The molecule has 19 heavy (non-hydrogen) atoms. The number of hydrogen-bond donors (Lipinski definition) is 1. The van der Waals surface area contributed by atoms with E-state index in [-0.39, 0.29) is 18.4 Å². The third-order valence-electron chi connectivity index (χ3n) is 4.45. The molecular formula is C15H24N2O2. The van der Waals surface area contributed by atoms with E-state index in [4.69, 9.17) is 0 Å². The smallest absolute Gasteiger partial charge is 0.248 e. The van der Waals surface area contributed by atoms with Crippen molar-refractivity contribution in [2.45, 2.75) is 57.9 Å². The molecule has 1 aliphatic heterocycles. The van der Waals surface area contributed by atoms with Crippen LogP contribution in [0.1, 0.15) is 52.4 Å². The van der Waals surface area contributed by atoms with Crippen molar-refractivity contribution in [3.05, 3.63) is 11.6 Å². The van der Waals surface area contributed by atoms with Gasteiger partial charge in [-0.05, 0) is 38.5 Å². The second kappa shape index (κ2) is 5.76. The largest absolute Gasteiger partial charge is 0.340 e. The first-order valence-electron chi connectivity index (χ1n) is 7.39. The lowest BCUT2D eigenvalue weighted by atomic mass is 9.89. The van der Waals surface area contributed by atoms with Gasteiger partial charge in [-0.15, -0.1) is 0 Å². The fourth-order valence-electron chi connectivity index (χ4n) is 3.06. The van der Waals surface area contributed by atoms with Crippen LogP contribution in [0.3, 0.4) is 0 Å². The highest BCUT2D eigenvalue weighted by Crippen LogP contribution is 2.25. The molecule has 0 unspecified atom stereocenters. The molecule has 0 aromatic carbocycles. The summed E-state index contributed by atoms with van der Waals surface area (Å²) in [7, 11) is 0. The van der Waals surface area contributed by atoms with E-state index < -0.39 is 5.54 Å². The maximum Gasteiger partial charge on any atom is 0.248 e. The lowest BCUT2D eigenvalue weighted by Gasteiger charge is -2.41. The van der Waals surface area contributed by atoms with Crippen molar-refractivity contribution in [1.29, 1.82) is 0 Å². The average molecular weight is 264 g/mol. The summed E-state index contributed by atoms with van der Waals surface area (Å²) in [6.07, 6.45) is 8.07. The average Bonchev–Trinajstić information content (AvgIpc) is 2.92. The Morgan fingerprint density at radius 1 is 1.32 bits per heavy atom. The normalized spacial score (nSPS) is 22.4. The van der Waals surface area contributed by atoms with Crippen LogP contribution in [0.5, 0.6) is 0 Å². The molecule has 2 rings (SSSR count). The Hall–Kier alpha value is -1.32. The molecule has 2 amide bonds. The van der Waals surface area contributed by atoms with E-state index in [0.717, 1.165) is 19.3 Å². The van der Waals surface area contributed by atoms with Gasteiger partial charge in [0.15, 0.2) is 0 Å². The molecule has 1 aliphatic carbocycles. The highest BCUT2D eigenvalue weighted by molar-refractivity contribution is 5.97. The third kappa shape index (κ3) is 2.82. The van der Waals surface area contributed by atoms with Gasteiger partial charge in [-0.1, -0.05) is 25.5 Å². The van der Waals surface area contributed by atoms with Gasteiger partial charge in [0.1, 0.15) is 5.54 Å². The lowest BCUT2D eigenvalue weighted by molar-refractivity contribution is -0.150. The number of carbonyl (C=O) groups excluding carboxylic acids is 2. The summed E-state index contributed by atoms with van der Waals surface area (Å²) in [5.41, 5.74) is 0.775. The van der Waals surface area contributed by atoms with E-state index >= 15 is 0 Å². The van der Waals surface area contributed by atoms with Gasteiger partial charge in [-0.25, -0.2) is 0 Å². The van der Waals surface area contributed by atoms with Crippen LogP contribution in [0.4, 0.5) is 0 Å². The van der Waals surface area contributed by atoms with Crippen LogP contribution in [0.15, 0.2) is 11.6 Å². The highest BCUT2D eigenvalue weighted by Gasteiger charge is 2.43. The molecule has 2 aliphatic rings. The van der Waals surface area contributed by atoms with Crippen LogP contribution in [0.25, 0.3) is 0 Å². The van der Waals surface area contributed by atoms with Gasteiger partial charge in [0.2, 0.25) is 11.8 Å². The lowest BCUT2D eigenvalue weighted by Crippen LogP contribution is -2.66. The molecule has 0 atom stereocenters. The third-order valence-corrected chi connectivity index (χ3v) is 4.45. The zero-order valence-electron chi connectivity index (χ0n) is 12.0. The molecule has 0 aromatic heterocycles. The molecule has 0 aromatic rings. The maximum atomic E-state index is 12.6. The molecule has 1 saturated heterocycles. The van der Waals surface area contributed by atoms with Crippen molar-refractivity contribution in [2.75, 3.05) is 13.1 Å². The van der Waals surface area contributed by atoms with Crippen molar-refractivity contribution in [3.63, 3.8) is 0 Å². The van der Waals surface area contributed by atoms with Gasteiger partial charge in [-0.3, -0.25) is 9.59 Å². The first kappa shape index (κ1) is 14.1. The van der Waals surface area contributed by atoms with Crippen LogP contribution in [-0.4, -0.2) is 35.3 Å². The fourth-order valence-corrected chi connectivity index (χ4v) is 3.06. The summed E-state index contributed by atoms with van der Waals surface area (Å²) in [4.78, 5) is 26.1. The molecule has 0 radical (unpaired) electrons. The van der Waals surface area contributed by atoms with Gasteiger partial charge in [0, 0.05) is 6.54 Å². The summed E-state index contributed by atoms with van der Waals surface area (Å²) < 4.78 is 0. The zero-order valence-corrected chi connectivity index (χ0v) is 12.0. The van der Waals surface area contributed by atoms with Crippen LogP contribution >= 0.6 is 0 Å². The van der Waals surface area contributed by atoms with E-state index in [1.165, 1.54) is 12.0 Å². The Labute approximate surface area is 115 Å². The van der Waals surface area contributed by atoms with Crippen LogP contribution in [0, 0.1) is 0 Å². The number of piperazine rings is 1. The minimum absolute atomic E-state index is 0.0244. The molecule has 1 fully saturated rings. The van der Waals surface area contributed by atoms with Crippen LogP contribution < -0.4 is 5.32 Å². The van der Waals surface area contributed by atoms with E-state index in [1.807, 2.05) is 13.8 Å². The van der Waals surface area contributed by atoms with E-state index in [0.29, 0.717) is 19.4 Å². The standard InChI is InChI=1S/C15H24N2O2/c1-3-15(4-2)14(19)17(11-13(18)16-15)10-9-12-7-5-6-8-12/h7H,3-6,8-11H2,1-2H3,(H,16,18). The number of carbonyl (C=O) groups is 2. The van der Waals surface area contributed by atoms with E-state index in [9.17, 15) is 9.59 Å². The monoisotopic (exact) mass is 264 g/mol. The number of nitrogens with zero attached hydrogens (tertiary/aromatic N) is 1. The van der Waals surface area contributed by atoms with Gasteiger partial charge < -0.3 is 10.2 Å². The minimum Gasteiger partial charge on any atom is -0.340 e. The van der Waals surface area contributed by atoms with Gasteiger partial charge in [0.05, 0.1) is 6.54 Å². The SMILES string of the molecule is CCC1(CC)NC(=O)CN(CCC2=CCCC2)C1=O. The number of allylic oxidation sites excluding steroid dienone is 1. The topological polar surface area (TPSA) is 49.4 Å². The Morgan fingerprint density at radius 2 is 2.05 bits per heavy atom. The van der Waals surface area contributed by atoms with Crippen molar-refractivity contribution in [2.24, 2.45) is 0 Å². The summed E-state index contributed by atoms with van der Waals surface area (Å²) >= 11 is 0. The molecular weight excluding hydrogens is 240 g/mol. The number of rotatable bonds is 5. The quantitative estimate of drug-likeness (QED) is 0.772. The van der Waals surface area contributed by atoms with Crippen molar-refractivity contribution in [3.8, 4) is 0 Å². The van der Waals surface area contributed by atoms with E-state index in [2.05, 4.69) is 11.4 Å². The number of nitrogens with one attached hydrogen (secondary N) is 1. The van der Waals surface area contributed by atoms with Crippen LogP contribution in [-0.2, 0) is 9.59 Å². The predicted molar refractivity (Wildman–Crippen MR) is 74.6 cm³/mol. The maximum absolute atomic E-state index is 12.6. The van der Waals surface area contributed by atoms with Gasteiger partial charge in [-0.2, -0.15) is 0 Å². The second-order valence-corrected chi connectivity index (χ2v) is 5.57. The number of amides is 2. The van der Waals surface area contributed by atoms with Crippen molar-refractivity contribution >= 4 is 11.8 Å². The Balaban J connectivity index is 2.02. The summed E-state index contributed by atoms with van der Waals surface area (Å²) in [6, 6.07) is 0. The molecule has 0 spiro atoms. The fraction of sp³-hybridized carbons (Fsp3) is 0.733. The van der Waals surface area contributed by atoms with E-state index in [1.54, 1.807) is 4.90 Å². The second-order valence-electron chi connectivity index (χ2n) is 5.57. The molecule has 1 heterocycles. The van der Waals surface area contributed by atoms with Gasteiger partial charge >= 0.3 is 0 Å². The Morgan fingerprint density at radius 3 is 2.63 bits per heavy atom. The predicted octanol–water partition coefficient (Wildman–Crippen LogP) is 2.00. The summed E-state index contributed by atoms with van der Waals surface area (Å²) in [5.74, 6) is 0.0689. The Kier molecular flexibility index (Phi) is 4.27. The van der Waals surface area contributed by atoms with Gasteiger partial charge in [0.25, 0.3) is 0 Å². The molecule has 1 N–H and O–H groups in total. The van der Waals surface area contributed by atoms with Crippen LogP contribution in [0.2, 0.25) is 0 Å². The van der Waals surface area contributed by atoms with Crippen molar-refractivity contribution < 1.29 is 9.59 Å². The zero-order chi connectivity index (χ0) is 13.9. The summed E-state index contributed by atoms with van der Waals surface area (Å²) in [5, 5.41) is 2.89. The molecule has 0 bridgehead atoms. The van der Waals surface area contributed by atoms with Crippen molar-refractivity contribution in [1.82, 2.24) is 10.2 Å². The molecule has 0 saturated carbocycles. The highest BCUT2D eigenvalue weighted by atomic mass is 16.2. The Bertz CT molecular complexity index is 397. The molecule has 4 heteroatoms. The molecule has 4 nitrogen and oxygen atoms in total. The number of hydrogen-bond acceptors (Lipinski definition) is 2. The molecule has 106 valence electrons. The first-order chi connectivity index (χ1) is 9.11. The first-order valence-corrected chi connectivity index (χ1v) is 7.39. The summed E-state index contributed by atoms with van der Waals surface area (Å²) in [6.45, 7) is 4.82. The minimum atomic E-state index is -0.667.